The molecule has 8 nitrogen and oxygen atoms in total. The maximum absolute atomic E-state index is 12.8. The van der Waals surface area contributed by atoms with Crippen molar-refractivity contribution in [2.75, 3.05) is 30.4 Å². The number of rotatable bonds is 5. The van der Waals surface area contributed by atoms with Crippen molar-refractivity contribution in [1.29, 1.82) is 0 Å². The van der Waals surface area contributed by atoms with Crippen LogP contribution in [-0.2, 0) is 0 Å². The number of benzene rings is 1. The van der Waals surface area contributed by atoms with Crippen LogP contribution in [0.3, 0.4) is 0 Å². The maximum atomic E-state index is 12.8. The SMILES string of the molecule is CNc1cnc(N2CCC(NC(=O)c3ccc(-c4nccc5occc45)cc3)CC2)nc1. The lowest BCUT2D eigenvalue weighted by molar-refractivity contribution is 0.0931. The van der Waals surface area contributed by atoms with Gasteiger partial charge in [0.1, 0.15) is 5.58 Å². The molecule has 1 aliphatic rings. The Bertz CT molecular complexity index is 1210. The Hall–Kier alpha value is -3.94. The van der Waals surface area contributed by atoms with E-state index in [1.807, 2.05) is 43.4 Å². The molecule has 0 saturated carbocycles. The van der Waals surface area contributed by atoms with Crippen LogP contribution >= 0.6 is 0 Å². The lowest BCUT2D eigenvalue weighted by Crippen LogP contribution is -2.45. The fourth-order valence-corrected chi connectivity index (χ4v) is 4.01. The first kappa shape index (κ1) is 20.0. The van der Waals surface area contributed by atoms with Gasteiger partial charge >= 0.3 is 0 Å². The number of hydrogen-bond donors (Lipinski definition) is 2. The zero-order valence-corrected chi connectivity index (χ0v) is 17.8. The smallest absolute Gasteiger partial charge is 0.251 e. The van der Waals surface area contributed by atoms with Gasteiger partial charge in [0.2, 0.25) is 5.95 Å². The summed E-state index contributed by atoms with van der Waals surface area (Å²) in [6.45, 7) is 1.62. The molecular weight excluding hydrogens is 404 g/mol. The van der Waals surface area contributed by atoms with Crippen LogP contribution in [-0.4, -0.2) is 47.0 Å². The van der Waals surface area contributed by atoms with Gasteiger partial charge in [-0.25, -0.2) is 9.97 Å². The highest BCUT2D eigenvalue weighted by Crippen LogP contribution is 2.27. The van der Waals surface area contributed by atoms with Crippen molar-refractivity contribution in [3.05, 3.63) is 66.8 Å². The van der Waals surface area contributed by atoms with Crippen LogP contribution in [0, 0.1) is 0 Å². The van der Waals surface area contributed by atoms with E-state index in [2.05, 4.69) is 30.5 Å². The molecule has 0 bridgehead atoms. The van der Waals surface area contributed by atoms with Gasteiger partial charge < -0.3 is 20.0 Å². The summed E-state index contributed by atoms with van der Waals surface area (Å²) >= 11 is 0. The molecule has 1 saturated heterocycles. The van der Waals surface area contributed by atoms with Crippen LogP contribution in [0.4, 0.5) is 11.6 Å². The number of nitrogens with one attached hydrogen (secondary N) is 2. The number of amides is 1. The van der Waals surface area contributed by atoms with Gasteiger partial charge in [-0.3, -0.25) is 9.78 Å². The highest BCUT2D eigenvalue weighted by Gasteiger charge is 2.22. The minimum atomic E-state index is -0.0564. The normalized spacial score (nSPS) is 14.5. The number of fused-ring (bicyclic) bond motifs is 1. The van der Waals surface area contributed by atoms with Gasteiger partial charge in [0.25, 0.3) is 5.91 Å². The summed E-state index contributed by atoms with van der Waals surface area (Å²) in [5.41, 5.74) is 4.12. The Kier molecular flexibility index (Phi) is 5.41. The monoisotopic (exact) mass is 428 g/mol. The van der Waals surface area contributed by atoms with E-state index in [0.29, 0.717) is 5.56 Å². The molecule has 32 heavy (non-hydrogen) atoms. The lowest BCUT2D eigenvalue weighted by Gasteiger charge is -2.32. The van der Waals surface area contributed by atoms with Gasteiger partial charge in [-0.2, -0.15) is 0 Å². The molecule has 0 unspecified atom stereocenters. The van der Waals surface area contributed by atoms with E-state index in [0.717, 1.165) is 59.8 Å². The third-order valence-corrected chi connectivity index (χ3v) is 5.84. The summed E-state index contributed by atoms with van der Waals surface area (Å²) in [6.07, 6.45) is 8.66. The summed E-state index contributed by atoms with van der Waals surface area (Å²) in [4.78, 5) is 28.2. The molecule has 3 aromatic heterocycles. The van der Waals surface area contributed by atoms with Crippen molar-refractivity contribution < 1.29 is 9.21 Å². The zero-order chi connectivity index (χ0) is 21.9. The third-order valence-electron chi connectivity index (χ3n) is 5.84. The molecule has 0 spiro atoms. The fourth-order valence-electron chi connectivity index (χ4n) is 4.01. The van der Waals surface area contributed by atoms with Crippen molar-refractivity contribution >= 4 is 28.5 Å². The maximum Gasteiger partial charge on any atom is 0.251 e. The third kappa shape index (κ3) is 3.99. The largest absolute Gasteiger partial charge is 0.464 e. The molecule has 0 radical (unpaired) electrons. The van der Waals surface area contributed by atoms with Gasteiger partial charge in [-0.05, 0) is 37.1 Å². The number of carbonyl (C=O) groups is 1. The standard InChI is InChI=1S/C24H24N6O2/c1-25-19-14-27-24(28-15-19)30-11-7-18(8-12-30)29-23(31)17-4-2-16(3-5-17)22-20-9-13-32-21(20)6-10-26-22/h2-6,9-10,13-15,18,25H,7-8,11-12H2,1H3,(H,29,31). The van der Waals surface area contributed by atoms with E-state index < -0.39 is 0 Å². The second-order valence-corrected chi connectivity index (χ2v) is 7.83. The molecule has 1 amide bonds. The van der Waals surface area contributed by atoms with Crippen LogP contribution in [0.15, 0.2) is 65.7 Å². The molecule has 4 heterocycles. The molecule has 1 aliphatic heterocycles. The number of furan rings is 1. The molecule has 1 fully saturated rings. The van der Waals surface area contributed by atoms with E-state index in [4.69, 9.17) is 4.42 Å². The van der Waals surface area contributed by atoms with Crippen LogP contribution in [0.25, 0.3) is 22.2 Å². The Morgan fingerprint density at radius 2 is 1.78 bits per heavy atom. The van der Waals surface area contributed by atoms with Gasteiger partial charge in [0, 0.05) is 48.9 Å². The molecule has 0 aliphatic carbocycles. The fraction of sp³-hybridized carbons (Fsp3) is 0.250. The molecule has 2 N–H and O–H groups in total. The number of carbonyl (C=O) groups excluding carboxylic acids is 1. The Labute approximate surface area is 185 Å². The predicted octanol–water partition coefficient (Wildman–Crippen LogP) is 3.73. The number of pyridine rings is 1. The molecule has 162 valence electrons. The first-order valence-corrected chi connectivity index (χ1v) is 10.7. The zero-order valence-electron chi connectivity index (χ0n) is 17.8. The van der Waals surface area contributed by atoms with Crippen LogP contribution in [0.5, 0.6) is 0 Å². The molecule has 4 aromatic rings. The molecule has 5 rings (SSSR count). The minimum Gasteiger partial charge on any atom is -0.464 e. The van der Waals surface area contributed by atoms with Gasteiger partial charge in [0.05, 0.1) is 30.0 Å². The van der Waals surface area contributed by atoms with E-state index in [1.165, 1.54) is 0 Å². The van der Waals surface area contributed by atoms with Crippen molar-refractivity contribution in [2.24, 2.45) is 0 Å². The van der Waals surface area contributed by atoms with Crippen LogP contribution in [0.2, 0.25) is 0 Å². The summed E-state index contributed by atoms with van der Waals surface area (Å²) in [5, 5.41) is 7.14. The highest BCUT2D eigenvalue weighted by molar-refractivity contribution is 5.96. The molecule has 0 atom stereocenters. The number of nitrogens with zero attached hydrogens (tertiary/aromatic N) is 4. The Morgan fingerprint density at radius 1 is 1.03 bits per heavy atom. The van der Waals surface area contributed by atoms with Crippen molar-refractivity contribution in [3.63, 3.8) is 0 Å². The number of anilines is 2. The molecule has 8 heteroatoms. The van der Waals surface area contributed by atoms with Crippen molar-refractivity contribution in [1.82, 2.24) is 20.3 Å². The summed E-state index contributed by atoms with van der Waals surface area (Å²) < 4.78 is 5.45. The minimum absolute atomic E-state index is 0.0564. The summed E-state index contributed by atoms with van der Waals surface area (Å²) in [7, 11) is 1.84. The van der Waals surface area contributed by atoms with E-state index >= 15 is 0 Å². The topological polar surface area (TPSA) is 96.2 Å². The van der Waals surface area contributed by atoms with Gasteiger partial charge in [0.15, 0.2) is 0 Å². The second-order valence-electron chi connectivity index (χ2n) is 7.83. The second kappa shape index (κ2) is 8.66. The molecule has 1 aromatic carbocycles. The van der Waals surface area contributed by atoms with Gasteiger partial charge in [-0.1, -0.05) is 12.1 Å². The summed E-state index contributed by atoms with van der Waals surface area (Å²) in [5.74, 6) is 0.671. The van der Waals surface area contributed by atoms with Crippen LogP contribution in [0.1, 0.15) is 23.2 Å². The average molecular weight is 428 g/mol. The number of hydrogen-bond acceptors (Lipinski definition) is 7. The highest BCUT2D eigenvalue weighted by atomic mass is 16.3. The lowest BCUT2D eigenvalue weighted by atomic mass is 10.0. The van der Waals surface area contributed by atoms with Gasteiger partial charge in [-0.15, -0.1) is 0 Å². The first-order valence-electron chi connectivity index (χ1n) is 10.7. The van der Waals surface area contributed by atoms with Crippen molar-refractivity contribution in [2.45, 2.75) is 18.9 Å². The van der Waals surface area contributed by atoms with Crippen molar-refractivity contribution in [3.8, 4) is 11.3 Å². The Morgan fingerprint density at radius 3 is 2.50 bits per heavy atom. The van der Waals surface area contributed by atoms with E-state index in [9.17, 15) is 4.79 Å². The molecular formula is C24H24N6O2. The van der Waals surface area contributed by atoms with E-state index in [-0.39, 0.29) is 11.9 Å². The quantitative estimate of drug-likeness (QED) is 0.500. The number of piperidine rings is 1. The number of aromatic nitrogens is 3. The predicted molar refractivity (Wildman–Crippen MR) is 124 cm³/mol. The van der Waals surface area contributed by atoms with Crippen LogP contribution < -0.4 is 15.5 Å². The average Bonchev–Trinajstić information content (AvgIpc) is 3.34. The summed E-state index contributed by atoms with van der Waals surface area (Å²) in [6, 6.07) is 11.4. The Balaban J connectivity index is 1.20. The first-order chi connectivity index (χ1) is 15.7. The van der Waals surface area contributed by atoms with E-state index in [1.54, 1.807) is 24.9 Å².